The highest BCUT2D eigenvalue weighted by atomic mass is 19.1. The van der Waals surface area contributed by atoms with Crippen molar-refractivity contribution in [2.45, 2.75) is 13.5 Å². The lowest BCUT2D eigenvalue weighted by Gasteiger charge is -2.23. The predicted molar refractivity (Wildman–Crippen MR) is 71.8 cm³/mol. The van der Waals surface area contributed by atoms with Crippen LogP contribution in [0.1, 0.15) is 12.5 Å². The van der Waals surface area contributed by atoms with Crippen LogP contribution in [0.5, 0.6) is 0 Å². The SMILES string of the molecule is CCN(Cc1ccnc(N)c1)c1ccccc1F. The average Bonchev–Trinajstić information content (AvgIpc) is 2.37. The van der Waals surface area contributed by atoms with Gasteiger partial charge in [-0.05, 0) is 36.8 Å². The Morgan fingerprint density at radius 2 is 2.06 bits per heavy atom. The van der Waals surface area contributed by atoms with Crippen LogP contribution < -0.4 is 10.6 Å². The molecule has 3 nitrogen and oxygen atoms in total. The van der Waals surface area contributed by atoms with Crippen molar-refractivity contribution in [3.05, 3.63) is 54.0 Å². The highest BCUT2D eigenvalue weighted by molar-refractivity contribution is 5.48. The number of nitrogen functional groups attached to an aromatic ring is 1. The van der Waals surface area contributed by atoms with Gasteiger partial charge in [-0.2, -0.15) is 0 Å². The quantitative estimate of drug-likeness (QED) is 0.900. The zero-order valence-corrected chi connectivity index (χ0v) is 10.3. The third kappa shape index (κ3) is 2.77. The molecule has 94 valence electrons. The van der Waals surface area contributed by atoms with E-state index in [-0.39, 0.29) is 5.82 Å². The topological polar surface area (TPSA) is 42.2 Å². The van der Waals surface area contributed by atoms with Gasteiger partial charge in [-0.3, -0.25) is 0 Å². The molecule has 0 amide bonds. The Labute approximate surface area is 106 Å². The first-order valence-corrected chi connectivity index (χ1v) is 5.90. The summed E-state index contributed by atoms with van der Waals surface area (Å²) in [5, 5.41) is 0. The summed E-state index contributed by atoms with van der Waals surface area (Å²) in [6.45, 7) is 3.34. The molecule has 1 heterocycles. The largest absolute Gasteiger partial charge is 0.384 e. The lowest BCUT2D eigenvalue weighted by molar-refractivity contribution is 0.618. The predicted octanol–water partition coefficient (Wildman–Crippen LogP) is 2.83. The number of hydrogen-bond acceptors (Lipinski definition) is 3. The normalized spacial score (nSPS) is 10.3. The van der Waals surface area contributed by atoms with Crippen LogP contribution in [0, 0.1) is 5.82 Å². The number of hydrogen-bond donors (Lipinski definition) is 1. The molecule has 0 saturated carbocycles. The average molecular weight is 245 g/mol. The lowest BCUT2D eigenvalue weighted by Crippen LogP contribution is -2.23. The van der Waals surface area contributed by atoms with Gasteiger partial charge < -0.3 is 10.6 Å². The first-order chi connectivity index (χ1) is 8.70. The second kappa shape index (κ2) is 5.49. The first kappa shape index (κ1) is 12.4. The molecule has 2 N–H and O–H groups in total. The number of halogens is 1. The van der Waals surface area contributed by atoms with Gasteiger partial charge in [0.05, 0.1) is 5.69 Å². The molecule has 18 heavy (non-hydrogen) atoms. The van der Waals surface area contributed by atoms with Crippen molar-refractivity contribution >= 4 is 11.5 Å². The van der Waals surface area contributed by atoms with Gasteiger partial charge in [-0.25, -0.2) is 9.37 Å². The van der Waals surface area contributed by atoms with Crippen LogP contribution >= 0.6 is 0 Å². The molecule has 0 fully saturated rings. The third-order valence-electron chi connectivity index (χ3n) is 2.79. The van der Waals surface area contributed by atoms with Crippen LogP contribution in [0.2, 0.25) is 0 Å². The number of benzene rings is 1. The Morgan fingerprint density at radius 1 is 1.28 bits per heavy atom. The van der Waals surface area contributed by atoms with E-state index in [0.717, 1.165) is 12.1 Å². The number of rotatable bonds is 4. The van der Waals surface area contributed by atoms with E-state index in [2.05, 4.69) is 4.98 Å². The Hall–Kier alpha value is -2.10. The summed E-state index contributed by atoms with van der Waals surface area (Å²) in [7, 11) is 0. The van der Waals surface area contributed by atoms with E-state index in [4.69, 9.17) is 5.73 Å². The molecule has 1 aromatic carbocycles. The maximum Gasteiger partial charge on any atom is 0.146 e. The lowest BCUT2D eigenvalue weighted by atomic mass is 10.2. The van der Waals surface area contributed by atoms with Crippen LogP contribution in [-0.2, 0) is 6.54 Å². The molecule has 0 aliphatic rings. The number of para-hydroxylation sites is 1. The minimum Gasteiger partial charge on any atom is -0.384 e. The second-order valence-corrected chi connectivity index (χ2v) is 4.05. The van der Waals surface area contributed by atoms with Gasteiger partial charge in [0.1, 0.15) is 11.6 Å². The van der Waals surface area contributed by atoms with Gasteiger partial charge >= 0.3 is 0 Å². The van der Waals surface area contributed by atoms with Crippen molar-refractivity contribution in [2.24, 2.45) is 0 Å². The number of anilines is 2. The molecule has 2 aromatic rings. The van der Waals surface area contributed by atoms with Crippen LogP contribution in [0.3, 0.4) is 0 Å². The summed E-state index contributed by atoms with van der Waals surface area (Å²) in [5.74, 6) is 0.276. The molecular formula is C14H16FN3. The molecule has 0 atom stereocenters. The summed E-state index contributed by atoms with van der Waals surface area (Å²) < 4.78 is 13.7. The Bertz CT molecular complexity index is 528. The fourth-order valence-electron chi connectivity index (χ4n) is 1.89. The van der Waals surface area contributed by atoms with E-state index in [1.54, 1.807) is 18.3 Å². The molecule has 0 unspecified atom stereocenters. The molecule has 1 aromatic heterocycles. The highest BCUT2D eigenvalue weighted by Crippen LogP contribution is 2.20. The molecular weight excluding hydrogens is 229 g/mol. The zero-order chi connectivity index (χ0) is 13.0. The van der Waals surface area contributed by atoms with Crippen molar-refractivity contribution in [3.8, 4) is 0 Å². The Balaban J connectivity index is 2.23. The fourth-order valence-corrected chi connectivity index (χ4v) is 1.89. The van der Waals surface area contributed by atoms with Gasteiger partial charge in [-0.1, -0.05) is 12.1 Å². The Kier molecular flexibility index (Phi) is 3.77. The molecule has 0 saturated heterocycles. The number of nitrogens with two attached hydrogens (primary N) is 1. The standard InChI is InChI=1S/C14H16FN3/c1-2-18(13-6-4-3-5-12(13)15)10-11-7-8-17-14(16)9-11/h3-9H,2,10H2,1H3,(H2,16,17). The van der Waals surface area contributed by atoms with E-state index in [1.165, 1.54) is 6.07 Å². The molecule has 4 heteroatoms. The molecule has 0 bridgehead atoms. The van der Waals surface area contributed by atoms with Crippen molar-refractivity contribution in [3.63, 3.8) is 0 Å². The van der Waals surface area contributed by atoms with Gasteiger partial charge in [0.2, 0.25) is 0 Å². The van der Waals surface area contributed by atoms with Crippen LogP contribution in [0.25, 0.3) is 0 Å². The monoisotopic (exact) mass is 245 g/mol. The maximum absolute atomic E-state index is 13.7. The van der Waals surface area contributed by atoms with Crippen LogP contribution in [0.4, 0.5) is 15.9 Å². The Morgan fingerprint density at radius 3 is 2.72 bits per heavy atom. The number of aromatic nitrogens is 1. The molecule has 2 rings (SSSR count). The highest BCUT2D eigenvalue weighted by Gasteiger charge is 2.09. The van der Waals surface area contributed by atoms with Crippen molar-refractivity contribution in [1.29, 1.82) is 0 Å². The summed E-state index contributed by atoms with van der Waals surface area (Å²) in [6.07, 6.45) is 1.67. The molecule has 0 aliphatic carbocycles. The summed E-state index contributed by atoms with van der Waals surface area (Å²) in [4.78, 5) is 5.91. The fraction of sp³-hybridized carbons (Fsp3) is 0.214. The zero-order valence-electron chi connectivity index (χ0n) is 10.3. The van der Waals surface area contributed by atoms with Gasteiger partial charge in [0.15, 0.2) is 0 Å². The van der Waals surface area contributed by atoms with E-state index < -0.39 is 0 Å². The number of pyridine rings is 1. The summed E-state index contributed by atoms with van der Waals surface area (Å²) in [6, 6.07) is 10.5. The maximum atomic E-state index is 13.7. The number of nitrogens with zero attached hydrogens (tertiary/aromatic N) is 2. The van der Waals surface area contributed by atoms with Crippen molar-refractivity contribution < 1.29 is 4.39 Å². The third-order valence-corrected chi connectivity index (χ3v) is 2.79. The summed E-state index contributed by atoms with van der Waals surface area (Å²) >= 11 is 0. The van der Waals surface area contributed by atoms with E-state index in [9.17, 15) is 4.39 Å². The van der Waals surface area contributed by atoms with Gasteiger partial charge in [0.25, 0.3) is 0 Å². The van der Waals surface area contributed by atoms with Gasteiger partial charge in [-0.15, -0.1) is 0 Å². The van der Waals surface area contributed by atoms with E-state index >= 15 is 0 Å². The second-order valence-electron chi connectivity index (χ2n) is 4.05. The minimum atomic E-state index is -0.207. The van der Waals surface area contributed by atoms with Crippen molar-refractivity contribution in [2.75, 3.05) is 17.2 Å². The van der Waals surface area contributed by atoms with Crippen LogP contribution in [-0.4, -0.2) is 11.5 Å². The molecule has 0 radical (unpaired) electrons. The summed E-state index contributed by atoms with van der Waals surface area (Å²) in [5.41, 5.74) is 7.27. The van der Waals surface area contributed by atoms with E-state index in [0.29, 0.717) is 18.1 Å². The van der Waals surface area contributed by atoms with E-state index in [1.807, 2.05) is 30.0 Å². The van der Waals surface area contributed by atoms with Gasteiger partial charge in [0, 0.05) is 19.3 Å². The van der Waals surface area contributed by atoms with Crippen molar-refractivity contribution in [1.82, 2.24) is 4.98 Å². The smallest absolute Gasteiger partial charge is 0.146 e. The minimum absolute atomic E-state index is 0.207. The first-order valence-electron chi connectivity index (χ1n) is 5.90. The molecule has 0 spiro atoms. The molecule has 0 aliphatic heterocycles. The van der Waals surface area contributed by atoms with Crippen LogP contribution in [0.15, 0.2) is 42.6 Å².